The average molecular weight is 395 g/mol. The topological polar surface area (TPSA) is 87.0 Å². The third kappa shape index (κ3) is 4.30. The van der Waals surface area contributed by atoms with Crippen LogP contribution in [0.25, 0.3) is 5.76 Å². The van der Waals surface area contributed by atoms with E-state index in [1.54, 1.807) is 48.8 Å². The number of ether oxygens (including phenoxy) is 1. The summed E-state index contributed by atoms with van der Waals surface area (Å²) in [6.07, 6.45) is 3.93. The van der Waals surface area contributed by atoms with Crippen LogP contribution in [0.4, 0.5) is 0 Å². The highest BCUT2D eigenvalue weighted by atomic mass is 16.5. The highest BCUT2D eigenvalue weighted by Gasteiger charge is 2.44. The summed E-state index contributed by atoms with van der Waals surface area (Å²) in [5, 5.41) is 13.3. The molecule has 2 aromatic rings. The minimum Gasteiger partial charge on any atom is -0.872 e. The Balaban J connectivity index is 2.07. The summed E-state index contributed by atoms with van der Waals surface area (Å²) in [5.41, 5.74) is 0.928. The number of nitrogens with zero attached hydrogens (tertiary/aromatic N) is 2. The number of aromatic nitrogens is 1. The number of benzene rings is 1. The van der Waals surface area contributed by atoms with Gasteiger partial charge < -0.3 is 19.6 Å². The number of methoxy groups -OCH3 is 1. The van der Waals surface area contributed by atoms with Gasteiger partial charge in [-0.1, -0.05) is 24.0 Å². The summed E-state index contributed by atoms with van der Waals surface area (Å²) < 4.78 is 5.19. The molecule has 7 heteroatoms. The lowest BCUT2D eigenvalue weighted by atomic mass is 9.96. The number of rotatable bonds is 7. The first-order chi connectivity index (χ1) is 13.9. The number of likely N-dealkylation sites (tertiary alicyclic amines) is 1. The lowest BCUT2D eigenvalue weighted by molar-refractivity contribution is -0.858. The van der Waals surface area contributed by atoms with Gasteiger partial charge in [-0.3, -0.25) is 14.6 Å². The number of pyridine rings is 1. The molecule has 1 amide bonds. The van der Waals surface area contributed by atoms with Crippen molar-refractivity contribution in [2.45, 2.75) is 12.5 Å². The van der Waals surface area contributed by atoms with E-state index in [2.05, 4.69) is 4.98 Å². The van der Waals surface area contributed by atoms with Gasteiger partial charge in [-0.25, -0.2) is 0 Å². The summed E-state index contributed by atoms with van der Waals surface area (Å²) in [7, 11) is 5.56. The van der Waals surface area contributed by atoms with Crippen LogP contribution in [0.5, 0.6) is 5.75 Å². The van der Waals surface area contributed by atoms with Gasteiger partial charge in [0.1, 0.15) is 5.75 Å². The highest BCUT2D eigenvalue weighted by Crippen LogP contribution is 2.38. The van der Waals surface area contributed by atoms with Gasteiger partial charge in [-0.15, -0.1) is 0 Å². The van der Waals surface area contributed by atoms with Crippen molar-refractivity contribution < 1.29 is 24.3 Å². The smallest absolute Gasteiger partial charge is 0.295 e. The molecule has 1 saturated heterocycles. The van der Waals surface area contributed by atoms with E-state index in [-0.39, 0.29) is 5.57 Å². The summed E-state index contributed by atoms with van der Waals surface area (Å²) in [4.78, 5) is 32.5. The van der Waals surface area contributed by atoms with Crippen LogP contribution in [0.2, 0.25) is 0 Å². The van der Waals surface area contributed by atoms with Crippen molar-refractivity contribution >= 4 is 17.4 Å². The molecule has 1 aromatic carbocycles. The number of hydrogen-bond acceptors (Lipinski definition) is 5. The van der Waals surface area contributed by atoms with Crippen molar-refractivity contribution in [2.24, 2.45) is 0 Å². The molecule has 29 heavy (non-hydrogen) atoms. The zero-order valence-electron chi connectivity index (χ0n) is 16.8. The maximum Gasteiger partial charge on any atom is 0.295 e. The Bertz CT molecular complexity index is 925. The van der Waals surface area contributed by atoms with Gasteiger partial charge in [0.25, 0.3) is 5.91 Å². The van der Waals surface area contributed by atoms with Gasteiger partial charge in [0, 0.05) is 30.9 Å². The van der Waals surface area contributed by atoms with Gasteiger partial charge in [0.15, 0.2) is 0 Å². The Morgan fingerprint density at radius 1 is 1.24 bits per heavy atom. The maximum absolute atomic E-state index is 13.3. The number of carbonyl (C=O) groups is 2. The molecule has 1 atom stereocenters. The first kappa shape index (κ1) is 20.5. The maximum atomic E-state index is 13.3. The van der Waals surface area contributed by atoms with Gasteiger partial charge in [-0.05, 0) is 29.3 Å². The van der Waals surface area contributed by atoms with E-state index >= 15 is 0 Å². The minimum absolute atomic E-state index is 0.0338. The van der Waals surface area contributed by atoms with Crippen LogP contribution in [0, 0.1) is 0 Å². The average Bonchev–Trinajstić information content (AvgIpc) is 2.98. The molecular formula is C22H25N3O4. The van der Waals surface area contributed by atoms with E-state index in [9.17, 15) is 14.7 Å². The largest absolute Gasteiger partial charge is 0.872 e. The van der Waals surface area contributed by atoms with Crippen molar-refractivity contribution in [2.75, 3.05) is 34.3 Å². The summed E-state index contributed by atoms with van der Waals surface area (Å²) in [6, 6.07) is 9.38. The molecule has 1 unspecified atom stereocenters. The fraction of sp³-hybridized carbons (Fsp3) is 0.318. The van der Waals surface area contributed by atoms with E-state index in [0.717, 1.165) is 13.0 Å². The zero-order chi connectivity index (χ0) is 21.0. The fourth-order valence-corrected chi connectivity index (χ4v) is 3.51. The Kier molecular flexibility index (Phi) is 6.29. The van der Waals surface area contributed by atoms with E-state index in [1.807, 2.05) is 14.1 Å². The van der Waals surface area contributed by atoms with Crippen LogP contribution in [0.1, 0.15) is 23.6 Å². The van der Waals surface area contributed by atoms with Crippen LogP contribution in [-0.2, 0) is 9.59 Å². The third-order valence-corrected chi connectivity index (χ3v) is 4.94. The molecule has 0 spiro atoms. The monoisotopic (exact) mass is 395 g/mol. The molecule has 1 N–H and O–H groups in total. The molecular weight excluding hydrogens is 370 g/mol. The molecule has 1 aliphatic rings. The Morgan fingerprint density at radius 2 is 2.03 bits per heavy atom. The van der Waals surface area contributed by atoms with Crippen LogP contribution in [0.3, 0.4) is 0 Å². The predicted octanol–water partition coefficient (Wildman–Crippen LogP) is -0.151. The second kappa shape index (κ2) is 8.87. The van der Waals surface area contributed by atoms with E-state index < -0.39 is 23.5 Å². The first-order valence-electron chi connectivity index (χ1n) is 9.54. The molecule has 0 bridgehead atoms. The third-order valence-electron chi connectivity index (χ3n) is 4.94. The molecule has 1 aliphatic heterocycles. The Hall–Kier alpha value is -3.19. The van der Waals surface area contributed by atoms with Crippen LogP contribution in [0.15, 0.2) is 54.4 Å². The number of ketones is 1. The SMILES string of the molecule is COc1cccc(C([O-])=C2C(=O)C(=O)N(CCC[NH+](C)C)C2c2cccnc2)c1. The molecule has 0 radical (unpaired) electrons. The number of nitrogens with one attached hydrogen (secondary N) is 1. The molecule has 152 valence electrons. The van der Waals surface area contributed by atoms with Gasteiger partial charge >= 0.3 is 0 Å². The number of hydrogen-bond donors (Lipinski definition) is 1. The number of quaternary nitrogens is 1. The molecule has 2 heterocycles. The van der Waals surface area contributed by atoms with E-state index in [1.165, 1.54) is 16.9 Å². The Labute approximate surface area is 170 Å². The molecule has 1 aromatic heterocycles. The summed E-state index contributed by atoms with van der Waals surface area (Å²) in [5.74, 6) is -1.34. The molecule has 1 fully saturated rings. The standard InChI is InChI=1S/C22H25N3O4/c1-24(2)11-6-12-25-19(16-8-5-10-23-14-16)18(21(27)22(25)28)20(26)15-7-4-9-17(13-15)29-3/h4-5,7-10,13-14,19,26H,6,11-12H2,1-3H3. The molecule has 7 nitrogen and oxygen atoms in total. The normalized spacial score (nSPS) is 18.5. The molecule has 0 aliphatic carbocycles. The fourth-order valence-electron chi connectivity index (χ4n) is 3.51. The van der Waals surface area contributed by atoms with Gasteiger partial charge in [-0.2, -0.15) is 0 Å². The van der Waals surface area contributed by atoms with E-state index in [4.69, 9.17) is 4.74 Å². The lowest BCUT2D eigenvalue weighted by Gasteiger charge is -2.27. The van der Waals surface area contributed by atoms with Crippen LogP contribution in [-0.4, -0.2) is 55.9 Å². The van der Waals surface area contributed by atoms with Crippen LogP contribution >= 0.6 is 0 Å². The van der Waals surface area contributed by atoms with Crippen molar-refractivity contribution in [1.29, 1.82) is 0 Å². The zero-order valence-corrected chi connectivity index (χ0v) is 16.8. The summed E-state index contributed by atoms with van der Waals surface area (Å²) in [6.45, 7) is 1.24. The minimum atomic E-state index is -0.746. The van der Waals surface area contributed by atoms with Crippen LogP contribution < -0.4 is 14.7 Å². The lowest BCUT2D eigenvalue weighted by Crippen LogP contribution is -3.05. The van der Waals surface area contributed by atoms with Gasteiger partial charge in [0.2, 0.25) is 5.78 Å². The highest BCUT2D eigenvalue weighted by molar-refractivity contribution is 6.46. The van der Waals surface area contributed by atoms with Crippen molar-refractivity contribution in [3.8, 4) is 5.75 Å². The first-order valence-corrected chi connectivity index (χ1v) is 9.54. The molecule has 0 saturated carbocycles. The number of amides is 1. The van der Waals surface area contributed by atoms with Crippen molar-refractivity contribution in [3.63, 3.8) is 0 Å². The van der Waals surface area contributed by atoms with Crippen molar-refractivity contribution in [1.82, 2.24) is 9.88 Å². The number of Topliss-reactive ketones (excluding diaryl/α,β-unsaturated/α-hetero) is 1. The molecule has 3 rings (SSSR count). The van der Waals surface area contributed by atoms with Gasteiger partial charge in [0.05, 0.1) is 33.8 Å². The second-order valence-corrected chi connectivity index (χ2v) is 7.30. The second-order valence-electron chi connectivity index (χ2n) is 7.30. The van der Waals surface area contributed by atoms with E-state index in [0.29, 0.717) is 23.4 Å². The number of carbonyl (C=O) groups excluding carboxylic acids is 2. The predicted molar refractivity (Wildman–Crippen MR) is 106 cm³/mol. The quantitative estimate of drug-likeness (QED) is 0.400. The van der Waals surface area contributed by atoms with Crippen molar-refractivity contribution in [3.05, 3.63) is 65.5 Å². The summed E-state index contributed by atoms with van der Waals surface area (Å²) >= 11 is 0. The Morgan fingerprint density at radius 3 is 2.69 bits per heavy atom.